The standard InChI is InChI=1S/C21H40N2O5/c1-6-17(3)19(25)10-13-27-15-16-28-14-12-23-21(5,7-2)20(26)9-8-11-22-18(4)24/h17,23H,6-16H2,1-5H3,(H,22,24). The molecule has 7 nitrogen and oxygen atoms in total. The molecule has 0 saturated heterocycles. The SMILES string of the molecule is CCC(C)C(=O)CCOCCOCCNC(C)(CC)C(=O)CCCNC(C)=O. The predicted molar refractivity (Wildman–Crippen MR) is 110 cm³/mol. The van der Waals surface area contributed by atoms with Crippen molar-refractivity contribution in [3.8, 4) is 0 Å². The molecular weight excluding hydrogens is 360 g/mol. The quantitative estimate of drug-likeness (QED) is 0.343. The molecule has 0 rings (SSSR count). The van der Waals surface area contributed by atoms with Crippen LogP contribution in [-0.4, -0.2) is 62.5 Å². The summed E-state index contributed by atoms with van der Waals surface area (Å²) >= 11 is 0. The first-order valence-corrected chi connectivity index (χ1v) is 10.5. The Morgan fingerprint density at radius 3 is 2.18 bits per heavy atom. The third-order valence-corrected chi connectivity index (χ3v) is 5.07. The van der Waals surface area contributed by atoms with Crippen molar-refractivity contribution in [1.82, 2.24) is 10.6 Å². The largest absolute Gasteiger partial charge is 0.379 e. The van der Waals surface area contributed by atoms with Crippen LogP contribution in [0.5, 0.6) is 0 Å². The molecule has 0 saturated carbocycles. The number of ketones is 2. The summed E-state index contributed by atoms with van der Waals surface area (Å²) < 4.78 is 10.9. The third kappa shape index (κ3) is 12.2. The van der Waals surface area contributed by atoms with Crippen molar-refractivity contribution in [1.29, 1.82) is 0 Å². The summed E-state index contributed by atoms with van der Waals surface area (Å²) in [5, 5.41) is 5.99. The van der Waals surface area contributed by atoms with E-state index in [0.29, 0.717) is 65.2 Å². The summed E-state index contributed by atoms with van der Waals surface area (Å²) in [5.74, 6) is 0.418. The average Bonchev–Trinajstić information content (AvgIpc) is 2.68. The van der Waals surface area contributed by atoms with Gasteiger partial charge in [0.1, 0.15) is 5.78 Å². The number of ether oxygens (including phenoxy) is 2. The molecule has 0 heterocycles. The molecule has 0 aliphatic rings. The molecule has 0 aromatic rings. The van der Waals surface area contributed by atoms with E-state index in [4.69, 9.17) is 9.47 Å². The van der Waals surface area contributed by atoms with Crippen LogP contribution in [0.4, 0.5) is 0 Å². The van der Waals surface area contributed by atoms with Crippen LogP contribution in [0.2, 0.25) is 0 Å². The maximum absolute atomic E-state index is 12.4. The van der Waals surface area contributed by atoms with Crippen molar-refractivity contribution in [2.24, 2.45) is 5.92 Å². The second-order valence-electron chi connectivity index (χ2n) is 7.37. The molecule has 0 aromatic heterocycles. The Morgan fingerprint density at radius 2 is 1.61 bits per heavy atom. The van der Waals surface area contributed by atoms with Crippen LogP contribution in [0, 0.1) is 5.92 Å². The lowest BCUT2D eigenvalue weighted by Crippen LogP contribution is -2.50. The number of carbonyl (C=O) groups excluding carboxylic acids is 3. The van der Waals surface area contributed by atoms with Crippen LogP contribution < -0.4 is 10.6 Å². The molecule has 0 aliphatic heterocycles. The Morgan fingerprint density at radius 1 is 0.964 bits per heavy atom. The Hall–Kier alpha value is -1.31. The topological polar surface area (TPSA) is 93.7 Å². The summed E-state index contributed by atoms with van der Waals surface area (Å²) in [7, 11) is 0. The van der Waals surface area contributed by atoms with Gasteiger partial charge in [-0.15, -0.1) is 0 Å². The first-order valence-electron chi connectivity index (χ1n) is 10.5. The first-order chi connectivity index (χ1) is 13.3. The molecule has 2 unspecified atom stereocenters. The van der Waals surface area contributed by atoms with Gasteiger partial charge < -0.3 is 20.1 Å². The number of hydrogen-bond donors (Lipinski definition) is 2. The van der Waals surface area contributed by atoms with Crippen molar-refractivity contribution in [3.63, 3.8) is 0 Å². The van der Waals surface area contributed by atoms with E-state index in [9.17, 15) is 14.4 Å². The van der Waals surface area contributed by atoms with Gasteiger partial charge in [0.15, 0.2) is 5.78 Å². The zero-order valence-electron chi connectivity index (χ0n) is 18.4. The Labute approximate surface area is 170 Å². The highest BCUT2D eigenvalue weighted by Crippen LogP contribution is 2.14. The average molecular weight is 401 g/mol. The number of Topliss-reactive ketones (excluding diaryl/α,β-unsaturated/α-hetero) is 2. The highest BCUT2D eigenvalue weighted by Gasteiger charge is 2.29. The van der Waals surface area contributed by atoms with Crippen molar-refractivity contribution < 1.29 is 23.9 Å². The zero-order chi connectivity index (χ0) is 21.4. The Kier molecular flexibility index (Phi) is 14.9. The van der Waals surface area contributed by atoms with Crippen LogP contribution >= 0.6 is 0 Å². The summed E-state index contributed by atoms with van der Waals surface area (Å²) in [4.78, 5) is 35.0. The maximum Gasteiger partial charge on any atom is 0.216 e. The normalized spacial score (nSPS) is 14.3. The van der Waals surface area contributed by atoms with Gasteiger partial charge in [-0.05, 0) is 26.2 Å². The second kappa shape index (κ2) is 15.6. The molecule has 0 aromatic carbocycles. The van der Waals surface area contributed by atoms with Crippen molar-refractivity contribution in [2.75, 3.05) is 39.5 Å². The number of hydrogen-bond acceptors (Lipinski definition) is 6. The van der Waals surface area contributed by atoms with Crippen molar-refractivity contribution in [3.05, 3.63) is 0 Å². The monoisotopic (exact) mass is 400 g/mol. The van der Waals surface area contributed by atoms with Gasteiger partial charge in [-0.1, -0.05) is 20.8 Å². The van der Waals surface area contributed by atoms with E-state index in [-0.39, 0.29) is 23.4 Å². The van der Waals surface area contributed by atoms with E-state index in [0.717, 1.165) is 6.42 Å². The Bertz CT molecular complexity index is 470. The van der Waals surface area contributed by atoms with Crippen LogP contribution in [0.3, 0.4) is 0 Å². The zero-order valence-corrected chi connectivity index (χ0v) is 18.4. The molecular formula is C21H40N2O5. The molecule has 2 atom stereocenters. The van der Waals surface area contributed by atoms with E-state index in [1.165, 1.54) is 6.92 Å². The van der Waals surface area contributed by atoms with Gasteiger partial charge in [0.2, 0.25) is 5.91 Å². The second-order valence-corrected chi connectivity index (χ2v) is 7.37. The number of carbonyl (C=O) groups is 3. The number of amides is 1. The molecule has 0 fully saturated rings. The minimum atomic E-state index is -0.577. The fourth-order valence-corrected chi connectivity index (χ4v) is 2.58. The molecule has 2 N–H and O–H groups in total. The minimum absolute atomic E-state index is 0.0768. The molecule has 0 bridgehead atoms. The van der Waals surface area contributed by atoms with E-state index in [1.54, 1.807) is 0 Å². The van der Waals surface area contributed by atoms with Crippen LogP contribution in [0.1, 0.15) is 66.7 Å². The molecule has 0 aliphatic carbocycles. The van der Waals surface area contributed by atoms with E-state index >= 15 is 0 Å². The molecule has 0 radical (unpaired) electrons. The van der Waals surface area contributed by atoms with E-state index < -0.39 is 5.54 Å². The smallest absolute Gasteiger partial charge is 0.216 e. The van der Waals surface area contributed by atoms with E-state index in [2.05, 4.69) is 10.6 Å². The lowest BCUT2D eigenvalue weighted by molar-refractivity contribution is -0.126. The highest BCUT2D eigenvalue weighted by atomic mass is 16.5. The fourth-order valence-electron chi connectivity index (χ4n) is 2.58. The summed E-state index contributed by atoms with van der Waals surface area (Å²) in [5.41, 5.74) is -0.577. The first kappa shape index (κ1) is 26.7. The van der Waals surface area contributed by atoms with Crippen LogP contribution in [0.15, 0.2) is 0 Å². The van der Waals surface area contributed by atoms with Gasteiger partial charge in [0.25, 0.3) is 0 Å². The Balaban J connectivity index is 3.81. The van der Waals surface area contributed by atoms with E-state index in [1.807, 2.05) is 27.7 Å². The third-order valence-electron chi connectivity index (χ3n) is 5.07. The summed E-state index contributed by atoms with van der Waals surface area (Å²) in [6.07, 6.45) is 3.09. The van der Waals surface area contributed by atoms with Gasteiger partial charge in [-0.3, -0.25) is 14.4 Å². The number of rotatable bonds is 18. The lowest BCUT2D eigenvalue weighted by Gasteiger charge is -2.28. The fraction of sp³-hybridized carbons (Fsp3) is 0.857. The van der Waals surface area contributed by atoms with Gasteiger partial charge in [-0.2, -0.15) is 0 Å². The van der Waals surface area contributed by atoms with Crippen LogP contribution in [-0.2, 0) is 23.9 Å². The summed E-state index contributed by atoms with van der Waals surface area (Å²) in [6, 6.07) is 0. The van der Waals surface area contributed by atoms with Crippen molar-refractivity contribution >= 4 is 17.5 Å². The molecule has 0 spiro atoms. The molecule has 1 amide bonds. The molecule has 164 valence electrons. The predicted octanol–water partition coefficient (Wildman–Crippen LogP) is 2.27. The van der Waals surface area contributed by atoms with Crippen LogP contribution in [0.25, 0.3) is 0 Å². The van der Waals surface area contributed by atoms with Gasteiger partial charge in [0, 0.05) is 38.8 Å². The van der Waals surface area contributed by atoms with Gasteiger partial charge in [-0.25, -0.2) is 0 Å². The molecule has 7 heteroatoms. The van der Waals surface area contributed by atoms with Crippen molar-refractivity contribution in [2.45, 2.75) is 72.3 Å². The lowest BCUT2D eigenvalue weighted by atomic mass is 9.90. The van der Waals surface area contributed by atoms with Gasteiger partial charge in [0.05, 0.1) is 32.0 Å². The molecule has 28 heavy (non-hydrogen) atoms. The maximum atomic E-state index is 12.4. The highest BCUT2D eigenvalue weighted by molar-refractivity contribution is 5.88. The van der Waals surface area contributed by atoms with Gasteiger partial charge >= 0.3 is 0 Å². The summed E-state index contributed by atoms with van der Waals surface area (Å²) in [6.45, 7) is 12.3. The minimum Gasteiger partial charge on any atom is -0.379 e. The number of nitrogens with one attached hydrogen (secondary N) is 2.